The third kappa shape index (κ3) is 8.55. The zero-order valence-electron chi connectivity index (χ0n) is 29.8. The molecule has 5 rings (SSSR count). The molecule has 1 aromatic heterocycles. The summed E-state index contributed by atoms with van der Waals surface area (Å²) < 4.78 is 50.3. The third-order valence-electron chi connectivity index (χ3n) is 9.15. The minimum Gasteiger partial charge on any atom is -0.497 e. The summed E-state index contributed by atoms with van der Waals surface area (Å²) in [4.78, 5) is 60.6. The molecule has 3 aliphatic rings. The van der Waals surface area contributed by atoms with Gasteiger partial charge in [0.2, 0.25) is 27.7 Å². The van der Waals surface area contributed by atoms with Crippen molar-refractivity contribution in [1.82, 2.24) is 25.2 Å². The molecule has 2 heterocycles. The third-order valence-corrected chi connectivity index (χ3v) is 11.0. The highest BCUT2D eigenvalue weighted by Crippen LogP contribution is 2.45. The lowest BCUT2D eigenvalue weighted by molar-refractivity contribution is -0.143. The molecule has 6 atom stereocenters. The first kappa shape index (κ1) is 37.8. The predicted octanol–water partition coefficient (Wildman–Crippen LogP) is 2.58. The number of sulfonamides is 1. The summed E-state index contributed by atoms with van der Waals surface area (Å²) in [5.74, 6) is -1.83. The molecule has 15 nitrogen and oxygen atoms in total. The van der Waals surface area contributed by atoms with Crippen LogP contribution in [0.3, 0.4) is 0 Å². The van der Waals surface area contributed by atoms with Gasteiger partial charge in [0.05, 0.1) is 25.0 Å². The van der Waals surface area contributed by atoms with Gasteiger partial charge in [0.25, 0.3) is 5.91 Å². The van der Waals surface area contributed by atoms with Gasteiger partial charge in [-0.1, -0.05) is 6.08 Å². The number of methoxy groups -OCH3 is 1. The van der Waals surface area contributed by atoms with E-state index in [4.69, 9.17) is 18.9 Å². The molecule has 2 saturated carbocycles. The predicted molar refractivity (Wildman–Crippen MR) is 186 cm³/mol. The first-order chi connectivity index (χ1) is 24.0. The number of nitrogens with zero attached hydrogens (tertiary/aromatic N) is 2. The zero-order valence-corrected chi connectivity index (χ0v) is 30.6. The van der Waals surface area contributed by atoms with E-state index in [1.807, 2.05) is 6.07 Å². The van der Waals surface area contributed by atoms with Crippen LogP contribution in [-0.4, -0.2) is 103 Å². The SMILES string of the molecule is C=C[C@@H]1C[C@]1(NC(=O)[C@@H]1C[C@@H](Oc2nccc3cc(OC)ccc23)CN1C(=O)[C@@H](NC(=O)OC(C)(C)C)[C@H](C)OCC)C(=O)NS(=O)(=O)C1CC1. The number of rotatable bonds is 14. The van der Waals surface area contributed by atoms with Gasteiger partial charge in [-0.15, -0.1) is 6.58 Å². The van der Waals surface area contributed by atoms with Crippen molar-refractivity contribution in [3.05, 3.63) is 43.1 Å². The van der Waals surface area contributed by atoms with Gasteiger partial charge in [0.15, 0.2) is 0 Å². The van der Waals surface area contributed by atoms with Gasteiger partial charge < -0.3 is 34.5 Å². The van der Waals surface area contributed by atoms with E-state index < -0.39 is 80.4 Å². The first-order valence-corrected chi connectivity index (χ1v) is 18.6. The molecule has 1 saturated heterocycles. The van der Waals surface area contributed by atoms with Crippen LogP contribution in [0.5, 0.6) is 11.6 Å². The molecule has 4 amide bonds. The number of hydrogen-bond donors (Lipinski definition) is 3. The highest BCUT2D eigenvalue weighted by Gasteiger charge is 2.62. The summed E-state index contributed by atoms with van der Waals surface area (Å²) in [5, 5.41) is 6.20. The minimum atomic E-state index is -3.91. The van der Waals surface area contributed by atoms with Crippen LogP contribution in [0.25, 0.3) is 10.8 Å². The number of ether oxygens (including phenoxy) is 4. The van der Waals surface area contributed by atoms with E-state index in [-0.39, 0.29) is 31.9 Å². The Balaban J connectivity index is 1.44. The topological polar surface area (TPSA) is 192 Å². The van der Waals surface area contributed by atoms with Crippen LogP contribution < -0.4 is 24.8 Å². The van der Waals surface area contributed by atoms with Crippen LogP contribution >= 0.6 is 0 Å². The largest absolute Gasteiger partial charge is 0.497 e. The molecular weight excluding hydrogens is 682 g/mol. The number of hydrogen-bond acceptors (Lipinski definition) is 11. The molecule has 2 aliphatic carbocycles. The molecule has 3 fully saturated rings. The maximum absolute atomic E-state index is 14.4. The van der Waals surface area contributed by atoms with Crippen LogP contribution in [0, 0.1) is 5.92 Å². The van der Waals surface area contributed by atoms with E-state index in [1.54, 1.807) is 66.1 Å². The molecule has 0 unspecified atom stereocenters. The van der Waals surface area contributed by atoms with Gasteiger partial charge in [-0.2, -0.15) is 0 Å². The fourth-order valence-corrected chi connectivity index (χ4v) is 7.62. The summed E-state index contributed by atoms with van der Waals surface area (Å²) in [6, 6.07) is 4.73. The summed E-state index contributed by atoms with van der Waals surface area (Å²) in [6.07, 6.45) is 1.65. The fourth-order valence-electron chi connectivity index (χ4n) is 6.25. The lowest BCUT2D eigenvalue weighted by Crippen LogP contribution is -2.60. The monoisotopic (exact) mass is 729 g/mol. The molecule has 0 bridgehead atoms. The number of amides is 4. The molecule has 2 aromatic rings. The normalized spacial score (nSPS) is 24.2. The standard InChI is InChI=1S/C35H47N5O10S/c1-8-22-18-35(22,32(43)39-51(45,46)25-11-12-25)38-29(41)27-17-24(49-30-26-13-10-23(47-7)16-21(26)14-15-36-30)19-40(27)31(42)28(20(3)48-9-2)37-33(44)50-34(4,5)6/h8,10,13-16,20,22,24-25,27-28H,1,9,11-12,17-19H2,2-7H3,(H,37,44)(H,38,41)(H,39,43)/t20-,22+,24+,27-,28-,35+/m0/s1. The Hall–Kier alpha value is -4.44. The Labute approximate surface area is 297 Å². The lowest BCUT2D eigenvalue weighted by Gasteiger charge is -2.32. The highest BCUT2D eigenvalue weighted by atomic mass is 32.2. The van der Waals surface area contributed by atoms with E-state index in [1.165, 1.54) is 11.0 Å². The number of pyridine rings is 1. The van der Waals surface area contributed by atoms with E-state index in [0.29, 0.717) is 24.0 Å². The van der Waals surface area contributed by atoms with Gasteiger partial charge >= 0.3 is 6.09 Å². The molecule has 1 aliphatic heterocycles. The number of likely N-dealkylation sites (tertiary alicyclic amines) is 1. The summed E-state index contributed by atoms with van der Waals surface area (Å²) in [5.41, 5.74) is -2.43. The Morgan fingerprint density at radius 2 is 1.90 bits per heavy atom. The van der Waals surface area contributed by atoms with E-state index in [0.717, 1.165) is 5.39 Å². The van der Waals surface area contributed by atoms with Crippen molar-refractivity contribution in [2.45, 2.75) is 101 Å². The van der Waals surface area contributed by atoms with Crippen molar-refractivity contribution in [3.8, 4) is 11.6 Å². The summed E-state index contributed by atoms with van der Waals surface area (Å²) >= 11 is 0. The quantitative estimate of drug-likeness (QED) is 0.242. The minimum absolute atomic E-state index is 0.00913. The van der Waals surface area contributed by atoms with Crippen molar-refractivity contribution in [2.24, 2.45) is 5.92 Å². The van der Waals surface area contributed by atoms with Crippen LogP contribution in [0.4, 0.5) is 4.79 Å². The molecular formula is C35H47N5O10S. The summed E-state index contributed by atoms with van der Waals surface area (Å²) in [7, 11) is -2.35. The first-order valence-electron chi connectivity index (χ1n) is 17.0. The number of carbonyl (C=O) groups excluding carboxylic acids is 4. The molecule has 51 heavy (non-hydrogen) atoms. The van der Waals surface area contributed by atoms with Crippen molar-refractivity contribution >= 4 is 44.6 Å². The Morgan fingerprint density at radius 1 is 1.18 bits per heavy atom. The number of carbonyl (C=O) groups is 4. The number of nitrogens with one attached hydrogen (secondary N) is 3. The number of benzene rings is 1. The number of alkyl carbamates (subject to hydrolysis) is 1. The Bertz CT molecular complexity index is 1790. The van der Waals surface area contributed by atoms with Crippen LogP contribution in [0.1, 0.15) is 60.3 Å². The average Bonchev–Trinajstić information content (AvgIpc) is 3.99. The maximum Gasteiger partial charge on any atom is 0.408 e. The Morgan fingerprint density at radius 3 is 2.51 bits per heavy atom. The molecule has 0 radical (unpaired) electrons. The zero-order chi connectivity index (χ0) is 37.3. The Kier molecular flexibility index (Phi) is 10.9. The lowest BCUT2D eigenvalue weighted by atomic mass is 10.1. The maximum atomic E-state index is 14.4. The van der Waals surface area contributed by atoms with Gasteiger partial charge in [-0.25, -0.2) is 18.2 Å². The van der Waals surface area contributed by atoms with Gasteiger partial charge in [0.1, 0.15) is 35.1 Å². The molecule has 278 valence electrons. The second-order valence-corrected chi connectivity index (χ2v) is 16.1. The van der Waals surface area contributed by atoms with Crippen LogP contribution in [0.2, 0.25) is 0 Å². The van der Waals surface area contributed by atoms with Gasteiger partial charge in [-0.05, 0) is 83.5 Å². The van der Waals surface area contributed by atoms with E-state index >= 15 is 0 Å². The second kappa shape index (κ2) is 14.7. The average molecular weight is 730 g/mol. The van der Waals surface area contributed by atoms with Crippen molar-refractivity contribution in [2.75, 3.05) is 20.3 Å². The van der Waals surface area contributed by atoms with E-state index in [2.05, 4.69) is 26.9 Å². The smallest absolute Gasteiger partial charge is 0.408 e. The van der Waals surface area contributed by atoms with Crippen molar-refractivity contribution in [3.63, 3.8) is 0 Å². The van der Waals surface area contributed by atoms with E-state index in [9.17, 15) is 27.6 Å². The molecule has 1 aromatic carbocycles. The second-order valence-electron chi connectivity index (χ2n) is 14.2. The number of fused-ring (bicyclic) bond motifs is 1. The van der Waals surface area contributed by atoms with Crippen LogP contribution in [-0.2, 0) is 33.9 Å². The van der Waals surface area contributed by atoms with Gasteiger partial charge in [0, 0.05) is 30.5 Å². The van der Waals surface area contributed by atoms with Crippen LogP contribution in [0.15, 0.2) is 43.1 Å². The van der Waals surface area contributed by atoms with Crippen molar-refractivity contribution in [1.29, 1.82) is 0 Å². The van der Waals surface area contributed by atoms with Crippen molar-refractivity contribution < 1.29 is 46.5 Å². The van der Waals surface area contributed by atoms with Gasteiger partial charge in [-0.3, -0.25) is 19.1 Å². The molecule has 0 spiro atoms. The molecule has 3 N–H and O–H groups in total. The summed E-state index contributed by atoms with van der Waals surface area (Å²) in [6.45, 7) is 12.3. The highest BCUT2D eigenvalue weighted by molar-refractivity contribution is 7.91. The molecule has 16 heteroatoms. The number of aromatic nitrogens is 1. The fraction of sp³-hybridized carbons (Fsp3) is 0.571.